The quantitative estimate of drug-likeness (QED) is 0.772. The van der Waals surface area contributed by atoms with Gasteiger partial charge in [-0.25, -0.2) is 0 Å². The Balaban J connectivity index is 0.000000423. The van der Waals surface area contributed by atoms with Crippen molar-refractivity contribution in [3.8, 4) is 5.75 Å². The Hall–Kier alpha value is -1.35. The van der Waals surface area contributed by atoms with Crippen LogP contribution in [0.4, 0.5) is 0 Å². The second-order valence-corrected chi connectivity index (χ2v) is 2.89. The second kappa shape index (κ2) is 9.21. The average Bonchev–Trinajstić information content (AvgIpc) is 2.31. The highest BCUT2D eigenvalue weighted by atomic mass is 16.5. The van der Waals surface area contributed by atoms with E-state index in [2.05, 4.69) is 22.4 Å². The molecule has 0 bridgehead atoms. The number of rotatable bonds is 3. The van der Waals surface area contributed by atoms with Crippen LogP contribution in [0, 0.1) is 0 Å². The van der Waals surface area contributed by atoms with Gasteiger partial charge in [0.15, 0.2) is 0 Å². The van der Waals surface area contributed by atoms with Crippen molar-refractivity contribution >= 4 is 6.21 Å². The molecule has 0 saturated carbocycles. The molecule has 1 rings (SSSR count). The molecule has 0 atom stereocenters. The lowest BCUT2D eigenvalue weighted by molar-refractivity contribution is 0.414. The molecule has 3 heteroatoms. The van der Waals surface area contributed by atoms with Crippen LogP contribution in [0.25, 0.3) is 0 Å². The molecule has 0 unspecified atom stereocenters. The summed E-state index contributed by atoms with van der Waals surface area (Å²) in [5, 5.41) is 3.08. The first kappa shape index (κ1) is 13.7. The molecular weight excluding hydrogens is 188 g/mol. The Morgan fingerprint density at radius 3 is 2.20 bits per heavy atom. The van der Waals surface area contributed by atoms with E-state index < -0.39 is 0 Å². The minimum Gasteiger partial charge on any atom is -0.497 e. The molecule has 1 aromatic carbocycles. The molecule has 3 nitrogen and oxygen atoms in total. The van der Waals surface area contributed by atoms with E-state index in [4.69, 9.17) is 4.74 Å². The maximum Gasteiger partial charge on any atom is 0.118 e. The van der Waals surface area contributed by atoms with E-state index in [0.29, 0.717) is 0 Å². The first-order valence-electron chi connectivity index (χ1n) is 4.92. The standard InChI is InChI=1S/C9H13NO.C3H7N/c1-10-7-8-3-5-9(11-2)6-4-8;1-3-4-2/h3-6,10H,7H2,1-2H3;3H,1-2H3. The smallest absolute Gasteiger partial charge is 0.118 e. The van der Waals surface area contributed by atoms with Crippen molar-refractivity contribution in [2.75, 3.05) is 21.2 Å². The second-order valence-electron chi connectivity index (χ2n) is 2.89. The van der Waals surface area contributed by atoms with E-state index in [-0.39, 0.29) is 0 Å². The summed E-state index contributed by atoms with van der Waals surface area (Å²) in [6, 6.07) is 8.03. The van der Waals surface area contributed by atoms with Gasteiger partial charge in [0.05, 0.1) is 7.11 Å². The largest absolute Gasteiger partial charge is 0.497 e. The van der Waals surface area contributed by atoms with Crippen molar-refractivity contribution in [1.82, 2.24) is 5.32 Å². The van der Waals surface area contributed by atoms with E-state index in [1.165, 1.54) is 5.56 Å². The van der Waals surface area contributed by atoms with E-state index >= 15 is 0 Å². The number of aliphatic imine (C=N–C) groups is 1. The number of nitrogens with zero attached hydrogens (tertiary/aromatic N) is 1. The van der Waals surface area contributed by atoms with E-state index in [0.717, 1.165) is 12.3 Å². The maximum absolute atomic E-state index is 5.03. The number of hydrogen-bond acceptors (Lipinski definition) is 3. The normalized spacial score (nSPS) is 9.60. The first-order chi connectivity index (χ1) is 7.28. The molecule has 15 heavy (non-hydrogen) atoms. The van der Waals surface area contributed by atoms with Gasteiger partial charge in [-0.05, 0) is 37.9 Å². The van der Waals surface area contributed by atoms with Crippen molar-refractivity contribution in [2.24, 2.45) is 4.99 Å². The van der Waals surface area contributed by atoms with Crippen molar-refractivity contribution in [3.63, 3.8) is 0 Å². The van der Waals surface area contributed by atoms with Gasteiger partial charge in [0.2, 0.25) is 0 Å². The Bertz CT molecular complexity index is 263. The van der Waals surface area contributed by atoms with Gasteiger partial charge in [-0.1, -0.05) is 12.1 Å². The molecule has 0 aliphatic carbocycles. The van der Waals surface area contributed by atoms with Crippen molar-refractivity contribution in [3.05, 3.63) is 29.8 Å². The molecule has 0 fully saturated rings. The molecule has 1 aromatic rings. The zero-order valence-electron chi connectivity index (χ0n) is 9.95. The lowest BCUT2D eigenvalue weighted by atomic mass is 10.2. The SMILES string of the molecule is CC=NC.CNCc1ccc(OC)cc1. The van der Waals surface area contributed by atoms with Gasteiger partial charge >= 0.3 is 0 Å². The summed E-state index contributed by atoms with van der Waals surface area (Å²) in [6.45, 7) is 2.80. The summed E-state index contributed by atoms with van der Waals surface area (Å²) in [4.78, 5) is 3.61. The molecule has 0 saturated heterocycles. The van der Waals surface area contributed by atoms with E-state index in [1.807, 2.05) is 26.1 Å². The highest BCUT2D eigenvalue weighted by Gasteiger charge is 1.90. The first-order valence-corrected chi connectivity index (χ1v) is 4.92. The minimum absolute atomic E-state index is 0.907. The zero-order valence-corrected chi connectivity index (χ0v) is 9.95. The fourth-order valence-corrected chi connectivity index (χ4v) is 0.948. The molecule has 0 aliphatic heterocycles. The molecule has 1 N–H and O–H groups in total. The van der Waals surface area contributed by atoms with Gasteiger partial charge in [-0.15, -0.1) is 0 Å². The summed E-state index contributed by atoms with van der Waals surface area (Å²) in [7, 11) is 5.36. The van der Waals surface area contributed by atoms with Crippen LogP contribution in [0.3, 0.4) is 0 Å². The third-order valence-electron chi connectivity index (χ3n) is 1.80. The number of methoxy groups -OCH3 is 1. The molecule has 0 radical (unpaired) electrons. The Kier molecular flexibility index (Phi) is 8.39. The highest BCUT2D eigenvalue weighted by molar-refractivity contribution is 5.52. The topological polar surface area (TPSA) is 33.6 Å². The van der Waals surface area contributed by atoms with Gasteiger partial charge < -0.3 is 15.0 Å². The molecule has 0 aliphatic rings. The highest BCUT2D eigenvalue weighted by Crippen LogP contribution is 2.10. The van der Waals surface area contributed by atoms with Crippen LogP contribution in [0.15, 0.2) is 29.3 Å². The van der Waals surface area contributed by atoms with Crippen LogP contribution in [0.2, 0.25) is 0 Å². The Morgan fingerprint density at radius 2 is 1.87 bits per heavy atom. The lowest BCUT2D eigenvalue weighted by Gasteiger charge is -2.01. The summed E-state index contributed by atoms with van der Waals surface area (Å²) < 4.78 is 5.03. The van der Waals surface area contributed by atoms with Crippen molar-refractivity contribution in [1.29, 1.82) is 0 Å². The fourth-order valence-electron chi connectivity index (χ4n) is 0.948. The van der Waals surface area contributed by atoms with Gasteiger partial charge in [0, 0.05) is 13.6 Å². The zero-order chi connectivity index (χ0) is 11.5. The monoisotopic (exact) mass is 208 g/mol. The molecular formula is C12H20N2O. The summed E-state index contributed by atoms with van der Waals surface area (Å²) in [6.07, 6.45) is 1.75. The predicted molar refractivity (Wildman–Crippen MR) is 65.8 cm³/mol. The number of nitrogens with one attached hydrogen (secondary N) is 1. The van der Waals surface area contributed by atoms with E-state index in [1.54, 1.807) is 20.4 Å². The molecule has 0 heterocycles. The van der Waals surface area contributed by atoms with Gasteiger partial charge in [-0.2, -0.15) is 0 Å². The maximum atomic E-state index is 5.03. The summed E-state index contributed by atoms with van der Waals surface area (Å²) in [5.41, 5.74) is 1.27. The summed E-state index contributed by atoms with van der Waals surface area (Å²) >= 11 is 0. The van der Waals surface area contributed by atoms with Crippen LogP contribution in [-0.2, 0) is 6.54 Å². The number of hydrogen-bond donors (Lipinski definition) is 1. The van der Waals surface area contributed by atoms with Gasteiger partial charge in [0.1, 0.15) is 5.75 Å². The minimum atomic E-state index is 0.907. The molecule has 0 aromatic heterocycles. The molecule has 0 spiro atoms. The Morgan fingerprint density at radius 1 is 1.33 bits per heavy atom. The van der Waals surface area contributed by atoms with Crippen LogP contribution < -0.4 is 10.1 Å². The van der Waals surface area contributed by atoms with Crippen LogP contribution in [-0.4, -0.2) is 27.4 Å². The van der Waals surface area contributed by atoms with Gasteiger partial charge in [-0.3, -0.25) is 0 Å². The lowest BCUT2D eigenvalue weighted by Crippen LogP contribution is -2.04. The van der Waals surface area contributed by atoms with Gasteiger partial charge in [0.25, 0.3) is 0 Å². The number of benzene rings is 1. The van der Waals surface area contributed by atoms with Crippen molar-refractivity contribution in [2.45, 2.75) is 13.5 Å². The summed E-state index contributed by atoms with van der Waals surface area (Å²) in [5.74, 6) is 0.907. The average molecular weight is 208 g/mol. The van der Waals surface area contributed by atoms with Crippen molar-refractivity contribution < 1.29 is 4.74 Å². The third kappa shape index (κ3) is 6.69. The number of ether oxygens (including phenoxy) is 1. The van der Waals surface area contributed by atoms with E-state index in [9.17, 15) is 0 Å². The van der Waals surface area contributed by atoms with Crippen LogP contribution >= 0.6 is 0 Å². The van der Waals surface area contributed by atoms with Crippen LogP contribution in [0.1, 0.15) is 12.5 Å². The predicted octanol–water partition coefficient (Wildman–Crippen LogP) is 2.12. The third-order valence-corrected chi connectivity index (χ3v) is 1.80. The van der Waals surface area contributed by atoms with Crippen LogP contribution in [0.5, 0.6) is 5.75 Å². The molecule has 0 amide bonds. The fraction of sp³-hybridized carbons (Fsp3) is 0.417. The Labute approximate surface area is 92.2 Å². The molecule has 84 valence electrons.